The highest BCUT2D eigenvalue weighted by Gasteiger charge is 2.38. The lowest BCUT2D eigenvalue weighted by Crippen LogP contribution is -2.41. The number of rotatable bonds is 11. The first-order chi connectivity index (χ1) is 20.1. The smallest absolute Gasteiger partial charge is 0.475 e. The first kappa shape index (κ1) is 32.6. The molecule has 1 aromatic heterocycles. The molecule has 12 heteroatoms. The van der Waals surface area contributed by atoms with Gasteiger partial charge in [-0.05, 0) is 55.3 Å². The minimum absolute atomic E-state index is 0.000226. The lowest BCUT2D eigenvalue weighted by molar-refractivity contribution is -0.192. The van der Waals surface area contributed by atoms with Gasteiger partial charge in [0.25, 0.3) is 0 Å². The maximum Gasteiger partial charge on any atom is 0.490 e. The molecule has 2 atom stereocenters. The molecular formula is C30H33F3N4O4S. The van der Waals surface area contributed by atoms with Crippen molar-refractivity contribution in [2.75, 3.05) is 11.9 Å². The Hall–Kier alpha value is -3.90. The van der Waals surface area contributed by atoms with Crippen LogP contribution in [0.3, 0.4) is 0 Å². The predicted molar refractivity (Wildman–Crippen MR) is 154 cm³/mol. The average molecular weight is 603 g/mol. The van der Waals surface area contributed by atoms with Crippen LogP contribution in [0.4, 0.5) is 18.3 Å². The molecule has 1 amide bonds. The normalized spacial score (nSPS) is 15.8. The molecule has 1 fully saturated rings. The van der Waals surface area contributed by atoms with E-state index < -0.39 is 12.1 Å². The summed E-state index contributed by atoms with van der Waals surface area (Å²) in [7, 11) is 0. The van der Waals surface area contributed by atoms with Crippen LogP contribution < -0.4 is 10.6 Å². The second-order valence-electron chi connectivity index (χ2n) is 9.77. The molecule has 2 aromatic carbocycles. The largest absolute Gasteiger partial charge is 0.490 e. The zero-order chi connectivity index (χ0) is 30.4. The minimum Gasteiger partial charge on any atom is -0.475 e. The Morgan fingerprint density at radius 2 is 1.67 bits per heavy atom. The van der Waals surface area contributed by atoms with Crippen molar-refractivity contribution in [3.63, 3.8) is 0 Å². The lowest BCUT2D eigenvalue weighted by Gasteiger charge is -2.23. The van der Waals surface area contributed by atoms with E-state index in [4.69, 9.17) is 9.90 Å². The van der Waals surface area contributed by atoms with Crippen LogP contribution in [-0.4, -0.2) is 51.7 Å². The van der Waals surface area contributed by atoms with E-state index in [-0.39, 0.29) is 23.7 Å². The van der Waals surface area contributed by atoms with E-state index in [1.807, 2.05) is 54.6 Å². The maximum atomic E-state index is 12.9. The number of ketones is 1. The third kappa shape index (κ3) is 11.9. The van der Waals surface area contributed by atoms with E-state index in [0.29, 0.717) is 18.0 Å². The molecule has 224 valence electrons. The number of nitrogens with zero attached hydrogens (tertiary/aromatic N) is 2. The molecule has 1 saturated heterocycles. The number of aromatic nitrogens is 2. The number of carboxylic acids is 1. The van der Waals surface area contributed by atoms with Crippen molar-refractivity contribution in [2.24, 2.45) is 5.92 Å². The summed E-state index contributed by atoms with van der Waals surface area (Å²) in [5.41, 5.74) is 2.39. The number of benzene rings is 2. The molecule has 1 aliphatic rings. The molecule has 0 saturated carbocycles. The highest BCUT2D eigenvalue weighted by Crippen LogP contribution is 2.21. The Morgan fingerprint density at radius 3 is 2.26 bits per heavy atom. The fourth-order valence-electron chi connectivity index (χ4n) is 4.31. The molecule has 0 radical (unpaired) electrons. The zero-order valence-electron chi connectivity index (χ0n) is 22.8. The van der Waals surface area contributed by atoms with E-state index in [2.05, 4.69) is 33.0 Å². The molecule has 0 spiro atoms. The van der Waals surface area contributed by atoms with E-state index in [9.17, 15) is 22.8 Å². The van der Waals surface area contributed by atoms with Crippen molar-refractivity contribution in [3.8, 4) is 0 Å². The van der Waals surface area contributed by atoms with Gasteiger partial charge in [0.05, 0.1) is 6.04 Å². The topological polar surface area (TPSA) is 121 Å². The fraction of sp³-hybridized carbons (Fsp3) is 0.367. The van der Waals surface area contributed by atoms with Crippen LogP contribution in [0.2, 0.25) is 0 Å². The van der Waals surface area contributed by atoms with E-state index in [1.54, 1.807) is 0 Å². The molecule has 4 rings (SSSR count). The summed E-state index contributed by atoms with van der Waals surface area (Å²) in [4.78, 5) is 34.4. The summed E-state index contributed by atoms with van der Waals surface area (Å²) >= 11 is 1.38. The van der Waals surface area contributed by atoms with Crippen LogP contribution in [0.5, 0.6) is 0 Å². The molecule has 0 bridgehead atoms. The molecule has 42 heavy (non-hydrogen) atoms. The first-order valence-corrected chi connectivity index (χ1v) is 14.4. The van der Waals surface area contributed by atoms with Crippen LogP contribution in [0.15, 0.2) is 72.8 Å². The van der Waals surface area contributed by atoms with Crippen molar-refractivity contribution in [1.82, 2.24) is 15.5 Å². The van der Waals surface area contributed by atoms with Gasteiger partial charge in [-0.3, -0.25) is 14.9 Å². The number of carbonyl (C=O) groups excluding carboxylic acids is 2. The Bertz CT molecular complexity index is 1310. The number of carbonyl (C=O) groups is 3. The van der Waals surface area contributed by atoms with Crippen molar-refractivity contribution >= 4 is 34.1 Å². The van der Waals surface area contributed by atoms with Crippen molar-refractivity contribution in [1.29, 1.82) is 0 Å². The van der Waals surface area contributed by atoms with Gasteiger partial charge in [0.2, 0.25) is 11.0 Å². The van der Waals surface area contributed by atoms with Gasteiger partial charge in [0.15, 0.2) is 0 Å². The van der Waals surface area contributed by atoms with Gasteiger partial charge < -0.3 is 10.4 Å². The first-order valence-electron chi connectivity index (χ1n) is 13.6. The molecule has 1 aliphatic heterocycles. The maximum absolute atomic E-state index is 12.9. The summed E-state index contributed by atoms with van der Waals surface area (Å²) in [6, 6.07) is 20.2. The number of halogens is 3. The number of alkyl halides is 3. The predicted octanol–water partition coefficient (Wildman–Crippen LogP) is 5.61. The van der Waals surface area contributed by atoms with E-state index >= 15 is 0 Å². The number of aryl methyl sites for hydroxylation is 1. The summed E-state index contributed by atoms with van der Waals surface area (Å²) in [5.74, 6) is -2.77. The number of anilines is 1. The third-order valence-electron chi connectivity index (χ3n) is 6.47. The number of allylic oxidation sites excluding steroid dienone is 1. The van der Waals surface area contributed by atoms with Gasteiger partial charge in [-0.15, -0.1) is 10.2 Å². The standard InChI is InChI=1S/C28H32N4O2S.C2HF3O2/c33-25(24-13-7-8-18-29-24)19-23(15-14-21-9-3-1-4-10-21)16-17-26(34)30-28-32-31-27(35-28)20-22-11-5-2-6-12-22;3-2(4,5)1(6)7/h1-6,9-12,16-17,23-24,29H,7-8,13-15,18-20H2,(H,30,32,34);(H,6,7)/b17-16+;/t23-,24-;/m0./s1. The number of aliphatic carboxylic acids is 1. The summed E-state index contributed by atoms with van der Waals surface area (Å²) in [5, 5.41) is 22.9. The number of nitrogens with one attached hydrogen (secondary N) is 2. The van der Waals surface area contributed by atoms with E-state index in [1.165, 1.54) is 23.0 Å². The van der Waals surface area contributed by atoms with Crippen LogP contribution in [-0.2, 0) is 27.2 Å². The summed E-state index contributed by atoms with van der Waals surface area (Å²) in [6.07, 6.45) is 4.24. The van der Waals surface area contributed by atoms with Gasteiger partial charge in [-0.1, -0.05) is 84.5 Å². The molecule has 0 unspecified atom stereocenters. The van der Waals surface area contributed by atoms with Crippen LogP contribution in [0, 0.1) is 5.92 Å². The Kier molecular flexibility index (Phi) is 12.8. The number of Topliss-reactive ketones (excluding diaryl/α,β-unsaturated/α-hetero) is 1. The van der Waals surface area contributed by atoms with Crippen LogP contribution in [0.25, 0.3) is 0 Å². The van der Waals surface area contributed by atoms with E-state index in [0.717, 1.165) is 49.2 Å². The van der Waals surface area contributed by atoms with Crippen molar-refractivity contribution in [2.45, 2.75) is 57.2 Å². The molecule has 2 heterocycles. The van der Waals surface area contributed by atoms with Gasteiger partial charge in [-0.2, -0.15) is 13.2 Å². The monoisotopic (exact) mass is 602 g/mol. The van der Waals surface area contributed by atoms with Crippen LogP contribution >= 0.6 is 11.3 Å². The Morgan fingerprint density at radius 1 is 1.02 bits per heavy atom. The number of piperidine rings is 1. The number of hydrogen-bond donors (Lipinski definition) is 3. The van der Waals surface area contributed by atoms with Gasteiger partial charge in [-0.25, -0.2) is 4.79 Å². The zero-order valence-corrected chi connectivity index (χ0v) is 23.7. The molecule has 0 aliphatic carbocycles. The fourth-order valence-corrected chi connectivity index (χ4v) is 5.08. The number of carboxylic acid groups (broad SMARTS) is 1. The number of amides is 1. The van der Waals surface area contributed by atoms with Crippen molar-refractivity contribution < 1.29 is 32.7 Å². The minimum atomic E-state index is -5.08. The average Bonchev–Trinajstić information content (AvgIpc) is 3.42. The molecule has 8 nitrogen and oxygen atoms in total. The lowest BCUT2D eigenvalue weighted by atomic mass is 9.90. The van der Waals surface area contributed by atoms with Gasteiger partial charge in [0, 0.05) is 12.8 Å². The molecule has 3 aromatic rings. The summed E-state index contributed by atoms with van der Waals surface area (Å²) in [6.45, 7) is 0.900. The molecular weight excluding hydrogens is 569 g/mol. The van der Waals surface area contributed by atoms with Crippen molar-refractivity contribution in [3.05, 3.63) is 89.0 Å². The SMILES string of the molecule is O=C(/C=C/[C@H](CCc1ccccc1)CC(=O)[C@@H]1CCCCN1)Nc1nnc(Cc2ccccc2)s1.O=C(O)C(F)(F)F. The van der Waals surface area contributed by atoms with Gasteiger partial charge in [0.1, 0.15) is 10.8 Å². The quantitative estimate of drug-likeness (QED) is 0.244. The highest BCUT2D eigenvalue weighted by atomic mass is 32.1. The Labute approximate surface area is 246 Å². The third-order valence-corrected chi connectivity index (χ3v) is 7.31. The summed E-state index contributed by atoms with van der Waals surface area (Å²) < 4.78 is 31.7. The Balaban J connectivity index is 0.000000616. The van der Waals surface area contributed by atoms with Gasteiger partial charge >= 0.3 is 12.1 Å². The molecule has 3 N–H and O–H groups in total. The second kappa shape index (κ2) is 16.5. The second-order valence-corrected chi connectivity index (χ2v) is 10.8. The highest BCUT2D eigenvalue weighted by molar-refractivity contribution is 7.15. The number of hydrogen-bond acceptors (Lipinski definition) is 7. The van der Waals surface area contributed by atoms with Crippen LogP contribution in [0.1, 0.15) is 48.2 Å².